The Hall–Kier alpha value is -2.28. The van der Waals surface area contributed by atoms with Crippen LogP contribution in [0.25, 0.3) is 0 Å². The van der Waals surface area contributed by atoms with Crippen molar-refractivity contribution in [3.8, 4) is 5.75 Å². The lowest BCUT2D eigenvalue weighted by Gasteiger charge is -2.13. The highest BCUT2D eigenvalue weighted by atomic mass is 16.5. The summed E-state index contributed by atoms with van der Waals surface area (Å²) in [6, 6.07) is 3.19. The Bertz CT molecular complexity index is 515. The molecule has 0 saturated carbocycles. The molecule has 1 amide bonds. The van der Waals surface area contributed by atoms with Crippen molar-refractivity contribution in [2.24, 2.45) is 0 Å². The summed E-state index contributed by atoms with van der Waals surface area (Å²) < 4.78 is 9.86. The van der Waals surface area contributed by atoms with Crippen molar-refractivity contribution in [3.05, 3.63) is 17.7 Å². The quantitative estimate of drug-likeness (QED) is 0.752. The van der Waals surface area contributed by atoms with Crippen molar-refractivity contribution in [2.45, 2.75) is 6.92 Å². The predicted molar refractivity (Wildman–Crippen MR) is 64.3 cm³/mol. The van der Waals surface area contributed by atoms with E-state index >= 15 is 0 Å². The van der Waals surface area contributed by atoms with Crippen molar-refractivity contribution in [1.82, 2.24) is 5.53 Å². The summed E-state index contributed by atoms with van der Waals surface area (Å²) in [6.07, 6.45) is 0. The molecule has 7 nitrogen and oxygen atoms in total. The summed E-state index contributed by atoms with van der Waals surface area (Å²) in [5, 5.41) is 1.32. The summed E-state index contributed by atoms with van der Waals surface area (Å²) >= 11 is 0. The minimum Gasteiger partial charge on any atom is -0.494 e. The number of benzene rings is 1. The number of fused-ring (bicyclic) bond motifs is 1. The zero-order valence-corrected chi connectivity index (χ0v) is 10.2. The van der Waals surface area contributed by atoms with E-state index in [2.05, 4.69) is 15.7 Å². The third kappa shape index (κ3) is 1.74. The van der Waals surface area contributed by atoms with E-state index in [1.54, 1.807) is 12.1 Å². The van der Waals surface area contributed by atoms with E-state index in [1.807, 2.05) is 0 Å². The molecule has 7 heteroatoms. The van der Waals surface area contributed by atoms with Crippen molar-refractivity contribution in [1.29, 1.82) is 0 Å². The maximum Gasteiger partial charge on any atom is 0.341 e. The Morgan fingerprint density at radius 1 is 1.28 bits per heavy atom. The zero-order valence-electron chi connectivity index (χ0n) is 10.2. The Balaban J connectivity index is 2.53. The number of ether oxygens (including phenoxy) is 2. The van der Waals surface area contributed by atoms with Crippen LogP contribution in [0.1, 0.15) is 17.3 Å². The van der Waals surface area contributed by atoms with Crippen molar-refractivity contribution < 1.29 is 19.1 Å². The molecule has 0 bridgehead atoms. The second kappa shape index (κ2) is 4.53. The highest BCUT2D eigenvalue weighted by Gasteiger charge is 2.28. The zero-order chi connectivity index (χ0) is 13.3. The molecule has 0 aliphatic carbocycles. The maximum absolute atomic E-state index is 11.6. The second-order valence-corrected chi connectivity index (χ2v) is 3.62. The van der Waals surface area contributed by atoms with Crippen LogP contribution in [0.3, 0.4) is 0 Å². The van der Waals surface area contributed by atoms with E-state index in [9.17, 15) is 9.59 Å². The molecule has 0 saturated heterocycles. The molecule has 0 radical (unpaired) electrons. The molecule has 0 aromatic heterocycles. The van der Waals surface area contributed by atoms with Gasteiger partial charge in [-0.3, -0.25) is 10.2 Å². The topological polar surface area (TPSA) is 79.9 Å². The molecule has 1 aromatic rings. The first-order valence-electron chi connectivity index (χ1n) is 5.21. The molecular weight excluding hydrogens is 238 g/mol. The van der Waals surface area contributed by atoms with Gasteiger partial charge < -0.3 is 9.47 Å². The average molecular weight is 251 g/mol. The molecule has 1 aromatic carbocycles. The van der Waals surface area contributed by atoms with Gasteiger partial charge in [-0.05, 0) is 12.1 Å². The van der Waals surface area contributed by atoms with Crippen LogP contribution in [-0.2, 0) is 9.53 Å². The fourth-order valence-electron chi connectivity index (χ4n) is 1.78. The summed E-state index contributed by atoms with van der Waals surface area (Å²) in [5.41, 5.74) is 6.88. The first-order chi connectivity index (χ1) is 8.60. The molecule has 2 N–H and O–H groups in total. The third-order valence-electron chi connectivity index (χ3n) is 2.59. The lowest BCUT2D eigenvalue weighted by molar-refractivity contribution is -0.117. The first kappa shape index (κ1) is 12.2. The van der Waals surface area contributed by atoms with Crippen LogP contribution >= 0.6 is 0 Å². The Morgan fingerprint density at radius 2 is 2.00 bits per heavy atom. The third-order valence-corrected chi connectivity index (χ3v) is 2.59. The number of amides is 1. The molecule has 1 aliphatic heterocycles. The number of nitrogens with one attached hydrogen (secondary N) is 2. The molecular formula is C11H13N3O4. The van der Waals surface area contributed by atoms with Gasteiger partial charge in [-0.25, -0.2) is 9.80 Å². The average Bonchev–Trinajstić information content (AvgIpc) is 2.80. The first-order valence-corrected chi connectivity index (χ1v) is 5.21. The number of nitrogens with zero attached hydrogens (tertiary/aromatic N) is 1. The van der Waals surface area contributed by atoms with Crippen LogP contribution in [0.4, 0.5) is 11.4 Å². The lowest BCUT2D eigenvalue weighted by atomic mass is 10.1. The van der Waals surface area contributed by atoms with Gasteiger partial charge in [-0.1, -0.05) is 0 Å². The molecule has 18 heavy (non-hydrogen) atoms. The van der Waals surface area contributed by atoms with E-state index < -0.39 is 5.97 Å². The number of hydrogen-bond donors (Lipinski definition) is 2. The van der Waals surface area contributed by atoms with Gasteiger partial charge in [0.05, 0.1) is 19.9 Å². The van der Waals surface area contributed by atoms with Gasteiger partial charge in [0.15, 0.2) is 5.75 Å². The number of methoxy groups -OCH3 is 2. The number of carbonyl (C=O) groups excluding carboxylic acids is 2. The number of esters is 1. The standard InChI is InChI=1S/C11H13N3O4/c1-6(15)14-8-5-4-7(11(16)18-3)10(17-2)9(8)12-13-14/h4-5,12-13H,1-3H3. The summed E-state index contributed by atoms with van der Waals surface area (Å²) in [4.78, 5) is 23.0. The van der Waals surface area contributed by atoms with Crippen molar-refractivity contribution in [3.63, 3.8) is 0 Å². The van der Waals surface area contributed by atoms with Gasteiger partial charge in [0.1, 0.15) is 11.3 Å². The van der Waals surface area contributed by atoms with Crippen LogP contribution in [0, 0.1) is 0 Å². The van der Waals surface area contributed by atoms with E-state index in [0.29, 0.717) is 22.7 Å². The predicted octanol–water partition coefficient (Wildman–Crippen LogP) is 0.680. The van der Waals surface area contributed by atoms with Crippen LogP contribution in [-0.4, -0.2) is 26.1 Å². The van der Waals surface area contributed by atoms with Crippen molar-refractivity contribution in [2.75, 3.05) is 24.7 Å². The smallest absolute Gasteiger partial charge is 0.341 e. The van der Waals surface area contributed by atoms with Gasteiger partial charge in [0.25, 0.3) is 0 Å². The Morgan fingerprint density at radius 3 is 2.56 bits per heavy atom. The molecule has 0 fully saturated rings. The molecule has 0 unspecified atom stereocenters. The monoisotopic (exact) mass is 251 g/mol. The van der Waals surface area contributed by atoms with Crippen LogP contribution < -0.4 is 20.7 Å². The van der Waals surface area contributed by atoms with Crippen LogP contribution in [0.15, 0.2) is 12.1 Å². The Kier molecular flexibility index (Phi) is 3.07. The van der Waals surface area contributed by atoms with Gasteiger partial charge >= 0.3 is 5.97 Å². The second-order valence-electron chi connectivity index (χ2n) is 3.62. The number of carbonyl (C=O) groups is 2. The van der Waals surface area contributed by atoms with E-state index in [1.165, 1.54) is 26.2 Å². The fourth-order valence-corrected chi connectivity index (χ4v) is 1.78. The number of hydrogen-bond acceptors (Lipinski definition) is 6. The van der Waals surface area contributed by atoms with Gasteiger partial charge in [-0.15, -0.1) is 5.53 Å². The number of anilines is 2. The normalized spacial score (nSPS) is 12.7. The summed E-state index contributed by atoms with van der Waals surface area (Å²) in [7, 11) is 2.74. The lowest BCUT2D eigenvalue weighted by Crippen LogP contribution is -2.39. The van der Waals surface area contributed by atoms with E-state index in [4.69, 9.17) is 4.74 Å². The molecule has 0 spiro atoms. The number of hydrazine groups is 2. The van der Waals surface area contributed by atoms with E-state index in [-0.39, 0.29) is 5.91 Å². The summed E-state index contributed by atoms with van der Waals surface area (Å²) in [5.74, 6) is -0.359. The highest BCUT2D eigenvalue weighted by molar-refractivity contribution is 6.02. The van der Waals surface area contributed by atoms with Crippen LogP contribution in [0.2, 0.25) is 0 Å². The van der Waals surface area contributed by atoms with Crippen molar-refractivity contribution >= 4 is 23.3 Å². The minimum absolute atomic E-state index is 0.186. The largest absolute Gasteiger partial charge is 0.494 e. The summed E-state index contributed by atoms with van der Waals surface area (Å²) in [6.45, 7) is 1.42. The Labute approximate surface area is 104 Å². The van der Waals surface area contributed by atoms with Gasteiger partial charge in [-0.2, -0.15) is 0 Å². The SMILES string of the molecule is COC(=O)c1ccc2c(c1OC)NNN2C(C)=O. The number of rotatable bonds is 2. The highest BCUT2D eigenvalue weighted by Crippen LogP contribution is 2.40. The maximum atomic E-state index is 11.6. The molecule has 0 atom stereocenters. The molecule has 2 rings (SSSR count). The van der Waals surface area contributed by atoms with Crippen LogP contribution in [0.5, 0.6) is 5.75 Å². The fraction of sp³-hybridized carbons (Fsp3) is 0.273. The minimum atomic E-state index is -0.502. The van der Waals surface area contributed by atoms with Gasteiger partial charge in [0, 0.05) is 6.92 Å². The molecule has 1 aliphatic rings. The molecule has 96 valence electrons. The van der Waals surface area contributed by atoms with Gasteiger partial charge in [0.2, 0.25) is 5.91 Å². The molecule has 1 heterocycles. The van der Waals surface area contributed by atoms with E-state index in [0.717, 1.165) is 0 Å².